The first-order valence-electron chi connectivity index (χ1n) is 7.32. The molecule has 0 atom stereocenters. The average molecular weight is 359 g/mol. The Hall–Kier alpha value is -0.780. The van der Waals surface area contributed by atoms with E-state index in [0.29, 0.717) is 0 Å². The predicted octanol–water partition coefficient (Wildman–Crippen LogP) is 3.29. The molecule has 0 aliphatic carbocycles. The topological polar surface area (TPSA) is 33.7 Å². The largest absolute Gasteiger partial charge is 0.493 e. The lowest BCUT2D eigenvalue weighted by Gasteiger charge is -2.17. The molecular formula is C16H27BrN2O2. The van der Waals surface area contributed by atoms with Gasteiger partial charge in [0, 0.05) is 6.54 Å². The molecule has 1 aromatic rings. The summed E-state index contributed by atoms with van der Waals surface area (Å²) >= 11 is 3.57. The maximum absolute atomic E-state index is 5.79. The van der Waals surface area contributed by atoms with Gasteiger partial charge in [-0.2, -0.15) is 0 Å². The Balaban J connectivity index is 2.62. The van der Waals surface area contributed by atoms with Gasteiger partial charge in [0.15, 0.2) is 11.5 Å². The normalized spacial score (nSPS) is 11.2. The third-order valence-corrected chi connectivity index (χ3v) is 3.52. The van der Waals surface area contributed by atoms with E-state index in [0.717, 1.165) is 42.0 Å². The van der Waals surface area contributed by atoms with E-state index in [9.17, 15) is 0 Å². The van der Waals surface area contributed by atoms with E-state index in [4.69, 9.17) is 9.47 Å². The first kappa shape index (κ1) is 18.3. The lowest BCUT2D eigenvalue weighted by Crippen LogP contribution is -2.21. The highest BCUT2D eigenvalue weighted by atomic mass is 79.9. The molecule has 0 fully saturated rings. The molecule has 0 radical (unpaired) electrons. The number of nitrogens with zero attached hydrogens (tertiary/aromatic N) is 1. The van der Waals surface area contributed by atoms with Crippen LogP contribution in [0.25, 0.3) is 0 Å². The first-order chi connectivity index (χ1) is 9.93. The molecule has 5 heteroatoms. The van der Waals surface area contributed by atoms with Crippen LogP contribution in [0.1, 0.15) is 25.8 Å². The van der Waals surface area contributed by atoms with Crippen molar-refractivity contribution >= 4 is 15.9 Å². The van der Waals surface area contributed by atoms with Crippen LogP contribution in [0, 0.1) is 0 Å². The monoisotopic (exact) mass is 358 g/mol. The van der Waals surface area contributed by atoms with Gasteiger partial charge in [-0.25, -0.2) is 0 Å². The second kappa shape index (κ2) is 9.28. The van der Waals surface area contributed by atoms with Crippen LogP contribution in [0.15, 0.2) is 16.6 Å². The Morgan fingerprint density at radius 3 is 2.57 bits per heavy atom. The summed E-state index contributed by atoms with van der Waals surface area (Å²) in [7, 11) is 5.86. The molecule has 0 amide bonds. The van der Waals surface area contributed by atoms with Crippen LogP contribution in [-0.2, 0) is 6.54 Å². The molecule has 120 valence electrons. The maximum Gasteiger partial charge on any atom is 0.175 e. The van der Waals surface area contributed by atoms with Gasteiger partial charge >= 0.3 is 0 Å². The van der Waals surface area contributed by atoms with Gasteiger partial charge in [0.1, 0.15) is 0 Å². The van der Waals surface area contributed by atoms with Crippen molar-refractivity contribution in [3.8, 4) is 11.5 Å². The average Bonchev–Trinajstić information content (AvgIpc) is 2.40. The van der Waals surface area contributed by atoms with E-state index in [1.165, 1.54) is 5.56 Å². The second-order valence-electron chi connectivity index (χ2n) is 5.61. The fraction of sp³-hybridized carbons (Fsp3) is 0.625. The van der Waals surface area contributed by atoms with Crippen LogP contribution >= 0.6 is 15.9 Å². The van der Waals surface area contributed by atoms with Gasteiger partial charge < -0.3 is 19.7 Å². The molecule has 0 spiro atoms. The Labute approximate surface area is 136 Å². The number of benzene rings is 1. The van der Waals surface area contributed by atoms with Gasteiger partial charge in [0.05, 0.1) is 17.7 Å². The highest BCUT2D eigenvalue weighted by Crippen LogP contribution is 2.37. The Morgan fingerprint density at radius 1 is 1.29 bits per heavy atom. The number of hydrogen-bond donors (Lipinski definition) is 1. The van der Waals surface area contributed by atoms with Crippen molar-refractivity contribution < 1.29 is 9.47 Å². The van der Waals surface area contributed by atoms with Gasteiger partial charge in [-0.1, -0.05) is 0 Å². The van der Waals surface area contributed by atoms with Gasteiger partial charge in [-0.15, -0.1) is 0 Å². The number of ether oxygens (including phenoxy) is 2. The van der Waals surface area contributed by atoms with Crippen LogP contribution in [0.2, 0.25) is 0 Å². The Morgan fingerprint density at radius 2 is 2.00 bits per heavy atom. The fourth-order valence-electron chi connectivity index (χ4n) is 1.98. The van der Waals surface area contributed by atoms with Gasteiger partial charge in [-0.3, -0.25) is 0 Å². The zero-order chi connectivity index (χ0) is 15.8. The van der Waals surface area contributed by atoms with Crippen LogP contribution < -0.4 is 14.8 Å². The molecule has 0 bridgehead atoms. The third-order valence-electron chi connectivity index (χ3n) is 2.93. The number of nitrogens with one attached hydrogen (secondary N) is 1. The molecule has 0 aromatic heterocycles. The van der Waals surface area contributed by atoms with E-state index in [2.05, 4.69) is 46.3 Å². The Bertz CT molecular complexity index is 437. The minimum Gasteiger partial charge on any atom is -0.493 e. The minimum atomic E-state index is 0.116. The van der Waals surface area contributed by atoms with Crippen LogP contribution in [-0.4, -0.2) is 45.3 Å². The Kier molecular flexibility index (Phi) is 8.07. The van der Waals surface area contributed by atoms with Gasteiger partial charge in [0.25, 0.3) is 0 Å². The molecule has 0 saturated heterocycles. The molecule has 1 N–H and O–H groups in total. The number of rotatable bonds is 9. The van der Waals surface area contributed by atoms with Gasteiger partial charge in [-0.05, 0) is 81.1 Å². The van der Waals surface area contributed by atoms with Gasteiger partial charge in [0.2, 0.25) is 0 Å². The minimum absolute atomic E-state index is 0.116. The molecule has 4 nitrogen and oxygen atoms in total. The van der Waals surface area contributed by atoms with E-state index in [-0.39, 0.29) is 6.10 Å². The predicted molar refractivity (Wildman–Crippen MR) is 91.3 cm³/mol. The van der Waals surface area contributed by atoms with Crippen molar-refractivity contribution in [2.75, 3.05) is 34.3 Å². The number of methoxy groups -OCH3 is 1. The summed E-state index contributed by atoms with van der Waals surface area (Å²) < 4.78 is 12.2. The number of halogens is 1. The van der Waals surface area contributed by atoms with Crippen molar-refractivity contribution in [2.24, 2.45) is 0 Å². The highest BCUT2D eigenvalue weighted by Gasteiger charge is 2.12. The SMILES string of the molecule is COc1cc(CNCCCN(C)C)cc(Br)c1OC(C)C. The summed E-state index contributed by atoms with van der Waals surface area (Å²) in [5, 5.41) is 3.45. The molecular weight excluding hydrogens is 332 g/mol. The molecule has 1 rings (SSSR count). The summed E-state index contributed by atoms with van der Waals surface area (Å²) in [6, 6.07) is 4.11. The van der Waals surface area contributed by atoms with Crippen LogP contribution in [0.4, 0.5) is 0 Å². The van der Waals surface area contributed by atoms with Crippen molar-refractivity contribution in [1.82, 2.24) is 10.2 Å². The summed E-state index contributed by atoms with van der Waals surface area (Å²) in [6.45, 7) is 6.94. The van der Waals surface area contributed by atoms with E-state index in [1.54, 1.807) is 7.11 Å². The lowest BCUT2D eigenvalue weighted by atomic mass is 10.2. The number of hydrogen-bond acceptors (Lipinski definition) is 4. The van der Waals surface area contributed by atoms with Crippen molar-refractivity contribution in [2.45, 2.75) is 32.9 Å². The molecule has 0 aliphatic heterocycles. The molecule has 21 heavy (non-hydrogen) atoms. The van der Waals surface area contributed by atoms with Crippen LogP contribution in [0.5, 0.6) is 11.5 Å². The fourth-order valence-corrected chi connectivity index (χ4v) is 2.56. The second-order valence-corrected chi connectivity index (χ2v) is 6.46. The van der Waals surface area contributed by atoms with E-state index >= 15 is 0 Å². The zero-order valence-electron chi connectivity index (χ0n) is 13.7. The van der Waals surface area contributed by atoms with Crippen LogP contribution in [0.3, 0.4) is 0 Å². The van der Waals surface area contributed by atoms with E-state index < -0.39 is 0 Å². The smallest absolute Gasteiger partial charge is 0.175 e. The first-order valence-corrected chi connectivity index (χ1v) is 8.11. The molecule has 0 saturated carbocycles. The maximum atomic E-state index is 5.79. The zero-order valence-corrected chi connectivity index (χ0v) is 15.3. The van der Waals surface area contributed by atoms with E-state index in [1.807, 2.05) is 19.9 Å². The molecule has 0 unspecified atom stereocenters. The van der Waals surface area contributed by atoms with Crippen molar-refractivity contribution in [3.63, 3.8) is 0 Å². The molecule has 0 heterocycles. The molecule has 0 aliphatic rings. The summed E-state index contributed by atoms with van der Waals surface area (Å²) in [5.74, 6) is 1.53. The summed E-state index contributed by atoms with van der Waals surface area (Å²) in [4.78, 5) is 2.19. The summed E-state index contributed by atoms with van der Waals surface area (Å²) in [5.41, 5.74) is 1.18. The highest BCUT2D eigenvalue weighted by molar-refractivity contribution is 9.10. The standard InChI is InChI=1S/C16H27BrN2O2/c1-12(2)21-16-14(17)9-13(10-15(16)20-5)11-18-7-6-8-19(3)4/h9-10,12,18H,6-8,11H2,1-5H3. The molecule has 1 aromatic carbocycles. The third kappa shape index (κ3) is 6.68. The summed E-state index contributed by atoms with van der Waals surface area (Å²) in [6.07, 6.45) is 1.25. The quantitative estimate of drug-likeness (QED) is 0.686. The van der Waals surface area contributed by atoms with Crippen molar-refractivity contribution in [1.29, 1.82) is 0 Å². The lowest BCUT2D eigenvalue weighted by molar-refractivity contribution is 0.228. The van der Waals surface area contributed by atoms with Crippen molar-refractivity contribution in [3.05, 3.63) is 22.2 Å².